The second-order valence-electron chi connectivity index (χ2n) is 4.97. The minimum Gasteiger partial charge on any atom is -0.370 e. The smallest absolute Gasteiger partial charge is 0.370 e. The van der Waals surface area contributed by atoms with Crippen molar-refractivity contribution in [2.24, 2.45) is 16.6 Å². The highest BCUT2D eigenvalue weighted by molar-refractivity contribution is 5.78. The van der Waals surface area contributed by atoms with Crippen molar-refractivity contribution in [2.45, 2.75) is 20.0 Å². The van der Waals surface area contributed by atoms with E-state index in [0.717, 1.165) is 0 Å². The Kier molecular flexibility index (Phi) is 5.25. The third-order valence-electron chi connectivity index (χ3n) is 2.72. The lowest BCUT2D eigenvalue weighted by molar-refractivity contribution is -0.148. The number of alkyl halides is 3. The molecule has 0 atom stereocenters. The van der Waals surface area contributed by atoms with Gasteiger partial charge in [-0.3, -0.25) is 9.89 Å². The average Bonchev–Trinajstić information content (AvgIpc) is 2.24. The Morgan fingerprint density at radius 3 is 2.22 bits per heavy atom. The average molecular weight is 266 g/mol. The first kappa shape index (κ1) is 15.1. The maximum Gasteiger partial charge on any atom is 0.401 e. The Bertz CT molecular complexity index is 281. The fourth-order valence-electron chi connectivity index (χ4n) is 1.76. The summed E-state index contributed by atoms with van der Waals surface area (Å²) in [6, 6.07) is 0. The molecule has 0 unspecified atom stereocenters. The molecule has 7 heteroatoms. The van der Waals surface area contributed by atoms with Crippen molar-refractivity contribution >= 4 is 5.96 Å². The SMILES string of the molecule is CC(C)CN=C(N)N1CCN(CC(F)(F)F)CC1. The number of nitrogens with two attached hydrogens (primary N) is 1. The molecule has 1 aliphatic heterocycles. The van der Waals surface area contributed by atoms with E-state index in [2.05, 4.69) is 4.99 Å². The number of halogens is 3. The molecule has 1 aliphatic rings. The Labute approximate surface area is 106 Å². The highest BCUT2D eigenvalue weighted by atomic mass is 19.4. The number of nitrogens with zero attached hydrogens (tertiary/aromatic N) is 3. The van der Waals surface area contributed by atoms with Crippen molar-refractivity contribution < 1.29 is 13.2 Å². The van der Waals surface area contributed by atoms with Gasteiger partial charge in [0.05, 0.1) is 6.54 Å². The second kappa shape index (κ2) is 6.26. The lowest BCUT2D eigenvalue weighted by Gasteiger charge is -2.35. The molecule has 4 nitrogen and oxygen atoms in total. The van der Waals surface area contributed by atoms with Crippen LogP contribution in [0.15, 0.2) is 4.99 Å². The van der Waals surface area contributed by atoms with Gasteiger partial charge >= 0.3 is 6.18 Å². The van der Waals surface area contributed by atoms with E-state index in [1.54, 1.807) is 0 Å². The molecule has 0 aromatic carbocycles. The van der Waals surface area contributed by atoms with Gasteiger partial charge in [-0.1, -0.05) is 13.8 Å². The molecule has 1 heterocycles. The molecule has 0 aliphatic carbocycles. The van der Waals surface area contributed by atoms with Crippen molar-refractivity contribution in [1.29, 1.82) is 0 Å². The molecule has 2 N–H and O–H groups in total. The summed E-state index contributed by atoms with van der Waals surface area (Å²) in [5, 5.41) is 0. The quantitative estimate of drug-likeness (QED) is 0.615. The molecule has 0 amide bonds. The maximum absolute atomic E-state index is 12.2. The number of hydrogen-bond acceptors (Lipinski definition) is 2. The summed E-state index contributed by atoms with van der Waals surface area (Å²) in [4.78, 5) is 7.46. The Balaban J connectivity index is 2.37. The lowest BCUT2D eigenvalue weighted by Crippen LogP contribution is -2.52. The summed E-state index contributed by atoms with van der Waals surface area (Å²) in [7, 11) is 0. The van der Waals surface area contributed by atoms with Gasteiger partial charge in [-0.25, -0.2) is 0 Å². The topological polar surface area (TPSA) is 44.9 Å². The van der Waals surface area contributed by atoms with Gasteiger partial charge in [0.25, 0.3) is 0 Å². The first-order chi connectivity index (χ1) is 8.28. The van der Waals surface area contributed by atoms with E-state index in [-0.39, 0.29) is 0 Å². The molecule has 1 saturated heterocycles. The third-order valence-corrected chi connectivity index (χ3v) is 2.72. The zero-order valence-electron chi connectivity index (χ0n) is 10.9. The zero-order chi connectivity index (χ0) is 13.8. The fraction of sp³-hybridized carbons (Fsp3) is 0.909. The van der Waals surface area contributed by atoms with Crippen LogP contribution in [0.1, 0.15) is 13.8 Å². The van der Waals surface area contributed by atoms with Crippen LogP contribution in [0.3, 0.4) is 0 Å². The van der Waals surface area contributed by atoms with Crippen LogP contribution in [-0.2, 0) is 0 Å². The standard InChI is InChI=1S/C11H21F3N4/c1-9(2)7-16-10(15)18-5-3-17(4-6-18)8-11(12,13)14/h9H,3-8H2,1-2H3,(H2,15,16). The first-order valence-electron chi connectivity index (χ1n) is 6.12. The number of guanidine groups is 1. The molecular weight excluding hydrogens is 245 g/mol. The van der Waals surface area contributed by atoms with E-state index in [1.807, 2.05) is 18.7 Å². The second-order valence-corrected chi connectivity index (χ2v) is 4.97. The van der Waals surface area contributed by atoms with Crippen LogP contribution in [0.5, 0.6) is 0 Å². The highest BCUT2D eigenvalue weighted by Crippen LogP contribution is 2.17. The van der Waals surface area contributed by atoms with Crippen LogP contribution in [0.4, 0.5) is 13.2 Å². The van der Waals surface area contributed by atoms with Crippen LogP contribution in [0.2, 0.25) is 0 Å². The number of aliphatic imine (C=N–C) groups is 1. The molecule has 0 radical (unpaired) electrons. The zero-order valence-corrected chi connectivity index (χ0v) is 10.9. The minimum atomic E-state index is -4.13. The van der Waals surface area contributed by atoms with Gasteiger partial charge < -0.3 is 10.6 Å². The summed E-state index contributed by atoms with van der Waals surface area (Å²) in [5.74, 6) is 0.866. The fourth-order valence-corrected chi connectivity index (χ4v) is 1.76. The largest absolute Gasteiger partial charge is 0.401 e. The molecule has 0 aromatic heterocycles. The molecule has 0 spiro atoms. The van der Waals surface area contributed by atoms with Crippen molar-refractivity contribution in [3.05, 3.63) is 0 Å². The number of rotatable bonds is 3. The van der Waals surface area contributed by atoms with Gasteiger partial charge in [-0.2, -0.15) is 13.2 Å². The van der Waals surface area contributed by atoms with Crippen molar-refractivity contribution in [2.75, 3.05) is 39.3 Å². The molecular formula is C11H21F3N4. The van der Waals surface area contributed by atoms with Crippen LogP contribution in [0.25, 0.3) is 0 Å². The van der Waals surface area contributed by atoms with Crippen LogP contribution in [-0.4, -0.2) is 61.2 Å². The first-order valence-corrected chi connectivity index (χ1v) is 6.12. The van der Waals surface area contributed by atoms with Gasteiger partial charge in [-0.05, 0) is 5.92 Å². The van der Waals surface area contributed by atoms with Gasteiger partial charge in [-0.15, -0.1) is 0 Å². The van der Waals surface area contributed by atoms with E-state index in [4.69, 9.17) is 5.73 Å². The van der Waals surface area contributed by atoms with Gasteiger partial charge in [0.15, 0.2) is 5.96 Å². The van der Waals surface area contributed by atoms with E-state index >= 15 is 0 Å². The van der Waals surface area contributed by atoms with E-state index in [9.17, 15) is 13.2 Å². The summed E-state index contributed by atoms with van der Waals surface area (Å²) in [6.45, 7) is 5.64. The molecule has 18 heavy (non-hydrogen) atoms. The third kappa shape index (κ3) is 5.57. The molecule has 106 valence electrons. The van der Waals surface area contributed by atoms with Gasteiger partial charge in [0.1, 0.15) is 0 Å². The molecule has 1 rings (SSSR count). The van der Waals surface area contributed by atoms with E-state index < -0.39 is 12.7 Å². The van der Waals surface area contributed by atoms with Gasteiger partial charge in [0.2, 0.25) is 0 Å². The van der Waals surface area contributed by atoms with E-state index in [1.165, 1.54) is 4.90 Å². The number of hydrogen-bond donors (Lipinski definition) is 1. The lowest BCUT2D eigenvalue weighted by atomic mass is 10.2. The Hall–Kier alpha value is -0.980. The minimum absolute atomic E-state index is 0.372. The monoisotopic (exact) mass is 266 g/mol. The van der Waals surface area contributed by atoms with Crippen molar-refractivity contribution in [1.82, 2.24) is 9.80 Å². The van der Waals surface area contributed by atoms with Crippen molar-refractivity contribution in [3.8, 4) is 0 Å². The van der Waals surface area contributed by atoms with Crippen LogP contribution < -0.4 is 5.73 Å². The van der Waals surface area contributed by atoms with Crippen LogP contribution >= 0.6 is 0 Å². The predicted octanol–water partition coefficient (Wildman–Crippen LogP) is 1.14. The maximum atomic E-state index is 12.2. The molecule has 0 saturated carbocycles. The predicted molar refractivity (Wildman–Crippen MR) is 65.4 cm³/mol. The molecule has 1 fully saturated rings. The summed E-state index contributed by atoms with van der Waals surface area (Å²) < 4.78 is 36.6. The summed E-state index contributed by atoms with van der Waals surface area (Å²) in [6.07, 6.45) is -4.13. The van der Waals surface area contributed by atoms with Crippen LogP contribution in [0, 0.1) is 5.92 Å². The Morgan fingerprint density at radius 1 is 1.22 bits per heavy atom. The van der Waals surface area contributed by atoms with Crippen molar-refractivity contribution in [3.63, 3.8) is 0 Å². The summed E-state index contributed by atoms with van der Waals surface area (Å²) in [5.41, 5.74) is 5.80. The van der Waals surface area contributed by atoms with Gasteiger partial charge in [0, 0.05) is 32.7 Å². The number of piperazine rings is 1. The molecule has 0 bridgehead atoms. The summed E-state index contributed by atoms with van der Waals surface area (Å²) >= 11 is 0. The molecule has 0 aromatic rings. The van der Waals surface area contributed by atoms with E-state index in [0.29, 0.717) is 44.6 Å². The Morgan fingerprint density at radius 2 is 1.78 bits per heavy atom. The highest BCUT2D eigenvalue weighted by Gasteiger charge is 2.32. The normalized spacial score (nSPS) is 19.7.